The van der Waals surface area contributed by atoms with E-state index in [1.807, 2.05) is 41.3 Å². The first kappa shape index (κ1) is 22.0. The molecule has 0 bridgehead atoms. The molecule has 2 amide bonds. The van der Waals surface area contributed by atoms with Crippen molar-refractivity contribution < 1.29 is 19.1 Å². The molecule has 4 heterocycles. The molecule has 3 aromatic rings. The maximum atomic E-state index is 13.0. The molecular weight excluding hydrogens is 456 g/mol. The summed E-state index contributed by atoms with van der Waals surface area (Å²) in [5, 5.41) is 5.11. The first-order valence-electron chi connectivity index (χ1n) is 11.3. The van der Waals surface area contributed by atoms with Gasteiger partial charge in [-0.25, -0.2) is 0 Å². The summed E-state index contributed by atoms with van der Waals surface area (Å²) in [6.07, 6.45) is 2.28. The van der Waals surface area contributed by atoms with Crippen LogP contribution in [0.1, 0.15) is 27.4 Å². The molecule has 1 N–H and O–H groups in total. The number of amides is 2. The van der Waals surface area contributed by atoms with Crippen LogP contribution >= 0.6 is 22.7 Å². The number of fused-ring (bicyclic) bond motifs is 1. The van der Waals surface area contributed by atoms with Crippen molar-refractivity contribution >= 4 is 34.5 Å². The van der Waals surface area contributed by atoms with Crippen LogP contribution in [0.3, 0.4) is 0 Å². The monoisotopic (exact) mass is 482 g/mol. The van der Waals surface area contributed by atoms with Gasteiger partial charge >= 0.3 is 0 Å². The van der Waals surface area contributed by atoms with E-state index in [2.05, 4.69) is 16.8 Å². The molecule has 0 atom stereocenters. The fourth-order valence-electron chi connectivity index (χ4n) is 4.21. The summed E-state index contributed by atoms with van der Waals surface area (Å²) in [4.78, 5) is 30.5. The molecule has 0 spiro atoms. The Kier molecular flexibility index (Phi) is 6.64. The number of likely N-dealkylation sites (tertiary alicyclic amines) is 1. The first-order valence-corrected chi connectivity index (χ1v) is 13.0. The van der Waals surface area contributed by atoms with Crippen LogP contribution in [0.4, 0.5) is 0 Å². The van der Waals surface area contributed by atoms with Gasteiger partial charge in [0.25, 0.3) is 5.91 Å². The smallest absolute Gasteiger partial charge is 0.263 e. The van der Waals surface area contributed by atoms with Crippen molar-refractivity contribution in [2.75, 3.05) is 32.8 Å². The van der Waals surface area contributed by atoms with Gasteiger partial charge in [0.2, 0.25) is 5.91 Å². The number of nitrogens with zero attached hydrogens (tertiary/aromatic N) is 1. The third-order valence-corrected chi connectivity index (χ3v) is 8.11. The second kappa shape index (κ2) is 9.97. The largest absolute Gasteiger partial charge is 0.486 e. The minimum Gasteiger partial charge on any atom is -0.486 e. The van der Waals surface area contributed by atoms with Crippen molar-refractivity contribution in [3.05, 3.63) is 57.6 Å². The first-order chi connectivity index (χ1) is 16.2. The number of carbonyl (C=O) groups is 2. The highest BCUT2D eigenvalue weighted by Crippen LogP contribution is 2.37. The Morgan fingerprint density at radius 2 is 1.85 bits per heavy atom. The van der Waals surface area contributed by atoms with E-state index in [1.54, 1.807) is 11.3 Å². The van der Waals surface area contributed by atoms with Crippen LogP contribution in [-0.4, -0.2) is 49.6 Å². The lowest BCUT2D eigenvalue weighted by atomic mass is 9.95. The van der Waals surface area contributed by atoms with E-state index in [0.717, 1.165) is 33.2 Å². The summed E-state index contributed by atoms with van der Waals surface area (Å²) < 4.78 is 11.3. The number of carbonyl (C=O) groups excluding carboxylic acids is 2. The SMILES string of the molecule is O=C(NCCc1cccs1)C1CCN(C(=O)c2ccc(-c3ccc4c(c3)OCCO4)s2)CC1. The highest BCUT2D eigenvalue weighted by atomic mass is 32.1. The summed E-state index contributed by atoms with van der Waals surface area (Å²) in [6, 6.07) is 13.9. The normalized spacial score (nSPS) is 15.9. The molecule has 0 unspecified atom stereocenters. The van der Waals surface area contributed by atoms with E-state index in [4.69, 9.17) is 9.47 Å². The standard InChI is InChI=1S/C25H26N2O4S2/c28-24(26-10-7-19-2-1-15-32-19)17-8-11-27(12-9-17)25(29)23-6-5-22(33-23)18-3-4-20-21(16-18)31-14-13-30-20/h1-6,15-17H,7-14H2,(H,26,28). The zero-order valence-electron chi connectivity index (χ0n) is 18.2. The third-order valence-electron chi connectivity index (χ3n) is 6.05. The summed E-state index contributed by atoms with van der Waals surface area (Å²) in [7, 11) is 0. The number of hydrogen-bond acceptors (Lipinski definition) is 6. The summed E-state index contributed by atoms with van der Waals surface area (Å²) >= 11 is 3.20. The molecule has 2 aliphatic rings. The lowest BCUT2D eigenvalue weighted by Gasteiger charge is -2.31. The Balaban J connectivity index is 1.14. The van der Waals surface area contributed by atoms with Gasteiger partial charge < -0.3 is 19.7 Å². The number of rotatable bonds is 6. The second-order valence-corrected chi connectivity index (χ2v) is 10.3. The fourth-order valence-corrected chi connectivity index (χ4v) is 5.89. The van der Waals surface area contributed by atoms with Gasteiger partial charge in [-0.1, -0.05) is 6.07 Å². The average molecular weight is 483 g/mol. The average Bonchev–Trinajstić information content (AvgIpc) is 3.56. The molecule has 8 heteroatoms. The number of benzene rings is 1. The van der Waals surface area contributed by atoms with E-state index in [9.17, 15) is 9.59 Å². The number of hydrogen-bond donors (Lipinski definition) is 1. The van der Waals surface area contributed by atoms with E-state index in [1.165, 1.54) is 16.2 Å². The molecule has 2 aromatic heterocycles. The molecular formula is C25H26N2O4S2. The van der Waals surface area contributed by atoms with Crippen LogP contribution in [0.15, 0.2) is 47.8 Å². The lowest BCUT2D eigenvalue weighted by molar-refractivity contribution is -0.126. The molecule has 2 aliphatic heterocycles. The van der Waals surface area contributed by atoms with Gasteiger partial charge in [0.05, 0.1) is 4.88 Å². The molecule has 1 aromatic carbocycles. The van der Waals surface area contributed by atoms with Gasteiger partial charge in [-0.05, 0) is 66.6 Å². The highest BCUT2D eigenvalue weighted by Gasteiger charge is 2.28. The van der Waals surface area contributed by atoms with Crippen LogP contribution in [-0.2, 0) is 11.2 Å². The highest BCUT2D eigenvalue weighted by molar-refractivity contribution is 7.17. The van der Waals surface area contributed by atoms with Gasteiger partial charge in [-0.15, -0.1) is 22.7 Å². The minimum atomic E-state index is -0.0194. The summed E-state index contributed by atoms with van der Waals surface area (Å²) in [6.45, 7) is 3.00. The molecule has 1 saturated heterocycles. The van der Waals surface area contributed by atoms with Gasteiger partial charge in [0.1, 0.15) is 13.2 Å². The fraction of sp³-hybridized carbons (Fsp3) is 0.360. The quantitative estimate of drug-likeness (QED) is 0.563. The molecule has 0 aliphatic carbocycles. The van der Waals surface area contributed by atoms with Crippen LogP contribution in [0, 0.1) is 5.92 Å². The Morgan fingerprint density at radius 3 is 2.64 bits per heavy atom. The number of thiophene rings is 2. The van der Waals surface area contributed by atoms with Crippen LogP contribution < -0.4 is 14.8 Å². The van der Waals surface area contributed by atoms with Crippen molar-refractivity contribution in [2.45, 2.75) is 19.3 Å². The Labute approximate surface area is 201 Å². The maximum Gasteiger partial charge on any atom is 0.263 e. The molecule has 33 heavy (non-hydrogen) atoms. The third kappa shape index (κ3) is 5.07. The second-order valence-electron chi connectivity index (χ2n) is 8.21. The topological polar surface area (TPSA) is 67.9 Å². The van der Waals surface area contributed by atoms with Crippen molar-refractivity contribution in [3.63, 3.8) is 0 Å². The minimum absolute atomic E-state index is 0.0194. The molecule has 5 rings (SSSR count). The van der Waals surface area contributed by atoms with E-state index < -0.39 is 0 Å². The van der Waals surface area contributed by atoms with Crippen LogP contribution in [0.25, 0.3) is 10.4 Å². The molecule has 0 saturated carbocycles. The Bertz CT molecular complexity index is 1120. The van der Waals surface area contributed by atoms with Crippen LogP contribution in [0.2, 0.25) is 0 Å². The van der Waals surface area contributed by atoms with E-state index in [-0.39, 0.29) is 17.7 Å². The van der Waals surface area contributed by atoms with Crippen molar-refractivity contribution in [1.29, 1.82) is 0 Å². The molecule has 1 fully saturated rings. The number of ether oxygens (including phenoxy) is 2. The van der Waals surface area contributed by atoms with Gasteiger partial charge in [-0.3, -0.25) is 9.59 Å². The van der Waals surface area contributed by atoms with E-state index in [0.29, 0.717) is 45.7 Å². The summed E-state index contributed by atoms with van der Waals surface area (Å²) in [5.74, 6) is 1.64. The predicted octanol–water partition coefficient (Wildman–Crippen LogP) is 4.46. The van der Waals surface area contributed by atoms with Crippen LogP contribution in [0.5, 0.6) is 11.5 Å². The van der Waals surface area contributed by atoms with Gasteiger partial charge in [-0.2, -0.15) is 0 Å². The number of nitrogens with one attached hydrogen (secondary N) is 1. The van der Waals surface area contributed by atoms with Gasteiger partial charge in [0.15, 0.2) is 11.5 Å². The maximum absolute atomic E-state index is 13.0. The molecule has 172 valence electrons. The van der Waals surface area contributed by atoms with E-state index >= 15 is 0 Å². The Morgan fingerprint density at radius 1 is 1.03 bits per heavy atom. The summed E-state index contributed by atoms with van der Waals surface area (Å²) in [5.41, 5.74) is 1.02. The Hall–Kier alpha value is -2.84. The molecule has 6 nitrogen and oxygen atoms in total. The zero-order valence-corrected chi connectivity index (χ0v) is 19.9. The lowest BCUT2D eigenvalue weighted by Crippen LogP contribution is -2.43. The number of piperidine rings is 1. The van der Waals surface area contributed by atoms with Crippen molar-refractivity contribution in [1.82, 2.24) is 10.2 Å². The zero-order chi connectivity index (χ0) is 22.6. The predicted molar refractivity (Wildman–Crippen MR) is 130 cm³/mol. The van der Waals surface area contributed by atoms with Crippen molar-refractivity contribution in [2.24, 2.45) is 5.92 Å². The van der Waals surface area contributed by atoms with Gasteiger partial charge in [0, 0.05) is 35.3 Å². The molecule has 0 radical (unpaired) electrons. The van der Waals surface area contributed by atoms with Crippen molar-refractivity contribution in [3.8, 4) is 21.9 Å².